The summed E-state index contributed by atoms with van der Waals surface area (Å²) >= 11 is 0. The summed E-state index contributed by atoms with van der Waals surface area (Å²) in [7, 11) is -2.08. The van der Waals surface area contributed by atoms with E-state index in [4.69, 9.17) is 4.74 Å². The van der Waals surface area contributed by atoms with Gasteiger partial charge in [0.25, 0.3) is 5.56 Å². The van der Waals surface area contributed by atoms with Crippen LogP contribution in [0.4, 0.5) is 8.78 Å². The second-order valence-electron chi connectivity index (χ2n) is 8.08. The largest absolute Gasteiger partial charge is 0.381 e. The maximum Gasteiger partial charge on any atom is 0.253 e. The van der Waals surface area contributed by atoms with Gasteiger partial charge in [-0.25, -0.2) is 21.9 Å². The molecular formula is C23H32F2N2O4S. The zero-order valence-corrected chi connectivity index (χ0v) is 19.6. The molecule has 1 fully saturated rings. The minimum atomic E-state index is -3.85. The van der Waals surface area contributed by atoms with Crippen molar-refractivity contribution in [2.24, 2.45) is 0 Å². The smallest absolute Gasteiger partial charge is 0.253 e. The van der Waals surface area contributed by atoms with Gasteiger partial charge in [0.15, 0.2) is 0 Å². The number of ether oxygens (including phenoxy) is 1. The molecule has 6 nitrogen and oxygen atoms in total. The maximum atomic E-state index is 13.0. The van der Waals surface area contributed by atoms with Crippen molar-refractivity contribution in [1.29, 1.82) is 0 Å². The van der Waals surface area contributed by atoms with Crippen molar-refractivity contribution in [1.82, 2.24) is 9.29 Å². The van der Waals surface area contributed by atoms with E-state index in [-0.39, 0.29) is 24.5 Å². The summed E-state index contributed by atoms with van der Waals surface area (Å²) in [5.74, 6) is 0.397. The Kier molecular flexibility index (Phi) is 9.99. The number of aromatic nitrogens is 1. The highest BCUT2D eigenvalue weighted by Gasteiger charge is 2.22. The van der Waals surface area contributed by atoms with Crippen molar-refractivity contribution in [3.05, 3.63) is 69.4 Å². The summed E-state index contributed by atoms with van der Waals surface area (Å²) in [6.07, 6.45) is 6.47. The Morgan fingerprint density at radius 3 is 2.44 bits per heavy atom. The van der Waals surface area contributed by atoms with Gasteiger partial charge in [-0.3, -0.25) is 4.79 Å². The predicted molar refractivity (Wildman–Crippen MR) is 121 cm³/mol. The molecule has 0 aliphatic heterocycles. The molecule has 0 saturated heterocycles. The van der Waals surface area contributed by atoms with Crippen LogP contribution in [0.25, 0.3) is 0 Å². The molecule has 1 aliphatic rings. The molecule has 1 aliphatic carbocycles. The van der Waals surface area contributed by atoms with Crippen LogP contribution in [0.3, 0.4) is 0 Å². The molecule has 1 aromatic carbocycles. The van der Waals surface area contributed by atoms with Crippen molar-refractivity contribution >= 4 is 10.0 Å². The summed E-state index contributed by atoms with van der Waals surface area (Å²) in [5.41, 5.74) is 2.48. The van der Waals surface area contributed by atoms with Gasteiger partial charge >= 0.3 is 0 Å². The van der Waals surface area contributed by atoms with Crippen LogP contribution in [0.1, 0.15) is 48.3 Å². The number of aryl methyl sites for hydroxylation is 2. The topological polar surface area (TPSA) is 77.4 Å². The van der Waals surface area contributed by atoms with Gasteiger partial charge in [0.1, 0.15) is 5.82 Å². The first kappa shape index (κ1) is 26.2. The van der Waals surface area contributed by atoms with Crippen molar-refractivity contribution in [2.45, 2.75) is 58.1 Å². The maximum absolute atomic E-state index is 13.0. The summed E-state index contributed by atoms with van der Waals surface area (Å²) in [6.45, 7) is 3.71. The Labute approximate surface area is 188 Å². The monoisotopic (exact) mass is 470 g/mol. The molecule has 1 N–H and O–H groups in total. The number of rotatable bonds is 7. The summed E-state index contributed by atoms with van der Waals surface area (Å²) in [4.78, 5) is 11.7. The first-order chi connectivity index (χ1) is 15.1. The fourth-order valence-corrected chi connectivity index (χ4v) is 4.37. The number of hydrogen-bond acceptors (Lipinski definition) is 4. The van der Waals surface area contributed by atoms with E-state index in [0.717, 1.165) is 36.8 Å². The Morgan fingerprint density at radius 2 is 1.84 bits per heavy atom. The standard InChI is InChI=1S/C13H17FO.C10H15FN2O3S/c1-15-13-7-5-10(6-8-13)11-3-2-4-12(14)9-11;1-8-5-9(2)10(14)13(6-8)4-3-12-17(15,16)7-11/h2-4,9-10,13H,5-8H2,1H3;5-6,12H,3-4,7H2,1-2H3. The van der Waals surface area contributed by atoms with Crippen LogP contribution in [0, 0.1) is 19.7 Å². The lowest BCUT2D eigenvalue weighted by Gasteiger charge is -2.27. The van der Waals surface area contributed by atoms with E-state index in [1.165, 1.54) is 10.6 Å². The van der Waals surface area contributed by atoms with E-state index in [1.54, 1.807) is 38.4 Å². The Bertz CT molecular complexity index is 1030. The summed E-state index contributed by atoms with van der Waals surface area (Å²) in [5, 5.41) is 0. The number of sulfonamides is 1. The third kappa shape index (κ3) is 8.11. The van der Waals surface area contributed by atoms with Crippen LogP contribution in [-0.2, 0) is 21.3 Å². The lowest BCUT2D eigenvalue weighted by molar-refractivity contribution is 0.0658. The van der Waals surface area contributed by atoms with Crippen LogP contribution < -0.4 is 10.3 Å². The number of hydrogen-bond donors (Lipinski definition) is 1. The zero-order valence-electron chi connectivity index (χ0n) is 18.8. The van der Waals surface area contributed by atoms with E-state index in [1.807, 2.05) is 13.0 Å². The quantitative estimate of drug-likeness (QED) is 0.668. The average Bonchev–Trinajstić information content (AvgIpc) is 2.77. The van der Waals surface area contributed by atoms with Gasteiger partial charge in [-0.15, -0.1) is 0 Å². The lowest BCUT2D eigenvalue weighted by atomic mass is 9.83. The zero-order chi connectivity index (χ0) is 23.7. The minimum absolute atomic E-state index is 0.00491. The molecule has 32 heavy (non-hydrogen) atoms. The first-order valence-electron chi connectivity index (χ1n) is 10.6. The van der Waals surface area contributed by atoms with Gasteiger partial charge in [0, 0.05) is 32.0 Å². The van der Waals surface area contributed by atoms with Crippen LogP contribution in [0.5, 0.6) is 0 Å². The Morgan fingerprint density at radius 1 is 1.16 bits per heavy atom. The molecule has 0 radical (unpaired) electrons. The molecule has 1 heterocycles. The summed E-state index contributed by atoms with van der Waals surface area (Å²) < 4.78 is 55.5. The first-order valence-corrected chi connectivity index (χ1v) is 12.3. The molecule has 0 atom stereocenters. The molecule has 178 valence electrons. The molecular weight excluding hydrogens is 438 g/mol. The van der Waals surface area contributed by atoms with Gasteiger partial charge in [-0.1, -0.05) is 12.1 Å². The third-order valence-corrected chi connectivity index (χ3v) is 6.48. The molecule has 0 spiro atoms. The summed E-state index contributed by atoms with van der Waals surface area (Å²) in [6, 6.07) is 7.30. The predicted octanol–water partition coefficient (Wildman–Crippen LogP) is 3.81. The van der Waals surface area contributed by atoms with Crippen LogP contribution in [0.2, 0.25) is 0 Å². The molecule has 0 bridgehead atoms. The van der Waals surface area contributed by atoms with Crippen molar-refractivity contribution in [3.63, 3.8) is 0 Å². The van der Waals surface area contributed by atoms with Gasteiger partial charge in [0.05, 0.1) is 6.10 Å². The molecule has 1 aromatic heterocycles. The lowest BCUT2D eigenvalue weighted by Crippen LogP contribution is -2.32. The normalized spacial score (nSPS) is 18.7. The SMILES string of the molecule is COC1CCC(c2cccc(F)c2)CC1.Cc1cc(C)c(=O)n(CCNS(=O)(=O)CF)c1. The number of methoxy groups -OCH3 is 1. The van der Waals surface area contributed by atoms with Gasteiger partial charge < -0.3 is 9.30 Å². The number of pyridine rings is 1. The Hall–Kier alpha value is -2.10. The molecule has 2 aromatic rings. The molecule has 0 amide bonds. The van der Waals surface area contributed by atoms with Crippen LogP contribution in [-0.4, -0.2) is 38.8 Å². The number of benzene rings is 1. The average molecular weight is 471 g/mol. The Balaban J connectivity index is 0.000000228. The minimum Gasteiger partial charge on any atom is -0.381 e. The van der Waals surface area contributed by atoms with Crippen molar-refractivity contribution in [2.75, 3.05) is 19.7 Å². The van der Waals surface area contributed by atoms with Crippen molar-refractivity contribution < 1.29 is 21.9 Å². The molecule has 0 unspecified atom stereocenters. The van der Waals surface area contributed by atoms with Crippen molar-refractivity contribution in [3.8, 4) is 0 Å². The van der Waals surface area contributed by atoms with E-state index in [9.17, 15) is 22.0 Å². The van der Waals surface area contributed by atoms with E-state index in [0.29, 0.717) is 17.6 Å². The highest BCUT2D eigenvalue weighted by molar-refractivity contribution is 7.89. The number of nitrogens with zero attached hydrogens (tertiary/aromatic N) is 1. The molecule has 3 rings (SSSR count). The number of alkyl halides is 1. The second-order valence-corrected chi connectivity index (χ2v) is 9.82. The van der Waals surface area contributed by atoms with E-state index < -0.39 is 16.0 Å². The molecule has 9 heteroatoms. The van der Waals surface area contributed by atoms with Crippen LogP contribution >= 0.6 is 0 Å². The highest BCUT2D eigenvalue weighted by Crippen LogP contribution is 2.33. The van der Waals surface area contributed by atoms with E-state index in [2.05, 4.69) is 4.72 Å². The van der Waals surface area contributed by atoms with Gasteiger partial charge in [-0.2, -0.15) is 0 Å². The highest BCUT2D eigenvalue weighted by atomic mass is 32.2. The van der Waals surface area contributed by atoms with Gasteiger partial charge in [-0.05, 0) is 74.8 Å². The van der Waals surface area contributed by atoms with Crippen LogP contribution in [0.15, 0.2) is 41.3 Å². The van der Waals surface area contributed by atoms with E-state index >= 15 is 0 Å². The fraction of sp³-hybridized carbons (Fsp3) is 0.522. The second kappa shape index (κ2) is 12.2. The fourth-order valence-electron chi connectivity index (χ4n) is 3.89. The van der Waals surface area contributed by atoms with Gasteiger partial charge in [0.2, 0.25) is 16.0 Å². The number of nitrogens with one attached hydrogen (secondary N) is 1. The number of halogens is 2. The molecule has 1 saturated carbocycles. The third-order valence-electron chi connectivity index (χ3n) is 5.55.